The van der Waals surface area contributed by atoms with Crippen molar-refractivity contribution >= 4 is 29.9 Å². The molecule has 1 heterocycles. The molecule has 1 unspecified atom stereocenters. The van der Waals surface area contributed by atoms with Crippen molar-refractivity contribution < 1.29 is 14.6 Å². The highest BCUT2D eigenvalue weighted by atomic mass is 32.1. The fraction of sp³-hybridized carbons (Fsp3) is 0.421. The highest BCUT2D eigenvalue weighted by Gasteiger charge is 2.10. The van der Waals surface area contributed by atoms with E-state index in [9.17, 15) is 4.79 Å². The standard InChI is InChI=1S/C19H24O3S2/c1-14-11-12-24-18(14)13-22-16-9-7-15(8-10-16)5-3-2-4-6-17(23)19(20)21/h7-12,17,23H,2-6,13H2,1H3,(H,20,21). The summed E-state index contributed by atoms with van der Waals surface area (Å²) in [6.45, 7) is 2.72. The summed E-state index contributed by atoms with van der Waals surface area (Å²) in [7, 11) is 0. The molecule has 0 fully saturated rings. The van der Waals surface area contributed by atoms with E-state index in [4.69, 9.17) is 9.84 Å². The van der Waals surface area contributed by atoms with Crippen LogP contribution in [0.3, 0.4) is 0 Å². The molecule has 0 aliphatic carbocycles. The number of thiol groups is 1. The average molecular weight is 365 g/mol. The van der Waals surface area contributed by atoms with Gasteiger partial charge in [0.2, 0.25) is 0 Å². The number of aliphatic carboxylic acids is 1. The first-order valence-corrected chi connectivity index (χ1v) is 9.61. The summed E-state index contributed by atoms with van der Waals surface area (Å²) in [5.41, 5.74) is 2.57. The lowest BCUT2D eigenvalue weighted by Gasteiger charge is -2.08. The molecule has 1 aromatic heterocycles. The fourth-order valence-electron chi connectivity index (χ4n) is 2.42. The number of benzene rings is 1. The fourth-order valence-corrected chi connectivity index (χ4v) is 3.42. The van der Waals surface area contributed by atoms with Gasteiger partial charge in [0.15, 0.2) is 0 Å². The van der Waals surface area contributed by atoms with Crippen LogP contribution < -0.4 is 4.74 Å². The molecule has 3 nitrogen and oxygen atoms in total. The van der Waals surface area contributed by atoms with Crippen LogP contribution in [-0.4, -0.2) is 16.3 Å². The topological polar surface area (TPSA) is 46.5 Å². The van der Waals surface area contributed by atoms with Crippen LogP contribution in [-0.2, 0) is 17.8 Å². The zero-order valence-electron chi connectivity index (χ0n) is 13.9. The number of ether oxygens (including phenoxy) is 1. The summed E-state index contributed by atoms with van der Waals surface area (Å²) in [4.78, 5) is 11.9. The molecule has 0 bridgehead atoms. The monoisotopic (exact) mass is 364 g/mol. The number of aryl methyl sites for hydroxylation is 2. The third-order valence-electron chi connectivity index (χ3n) is 3.99. The molecule has 0 amide bonds. The van der Waals surface area contributed by atoms with Crippen LogP contribution in [0.5, 0.6) is 5.75 Å². The van der Waals surface area contributed by atoms with Crippen molar-refractivity contribution in [3.8, 4) is 5.75 Å². The normalized spacial score (nSPS) is 12.1. The summed E-state index contributed by atoms with van der Waals surface area (Å²) in [5.74, 6) is 0.0672. The Balaban J connectivity index is 1.66. The summed E-state index contributed by atoms with van der Waals surface area (Å²) in [5, 5.41) is 10.3. The molecule has 2 aromatic rings. The average Bonchev–Trinajstić information content (AvgIpc) is 2.98. The maximum absolute atomic E-state index is 10.7. The quantitative estimate of drug-likeness (QED) is 0.454. The minimum atomic E-state index is -0.827. The van der Waals surface area contributed by atoms with Crippen LogP contribution in [0.4, 0.5) is 0 Å². The summed E-state index contributed by atoms with van der Waals surface area (Å²) >= 11 is 5.77. The lowest BCUT2D eigenvalue weighted by molar-refractivity contribution is -0.136. The van der Waals surface area contributed by atoms with Crippen LogP contribution in [0.15, 0.2) is 35.7 Å². The van der Waals surface area contributed by atoms with Gasteiger partial charge in [-0.15, -0.1) is 11.3 Å². The van der Waals surface area contributed by atoms with Gasteiger partial charge in [0.1, 0.15) is 12.4 Å². The summed E-state index contributed by atoms with van der Waals surface area (Å²) < 4.78 is 5.82. The van der Waals surface area contributed by atoms with Gasteiger partial charge in [-0.25, -0.2) is 0 Å². The van der Waals surface area contributed by atoms with Crippen molar-refractivity contribution in [2.24, 2.45) is 0 Å². The van der Waals surface area contributed by atoms with E-state index in [1.54, 1.807) is 11.3 Å². The SMILES string of the molecule is Cc1ccsc1COc1ccc(CCCCCC(S)C(=O)O)cc1. The smallest absolute Gasteiger partial charge is 0.316 e. The van der Waals surface area contributed by atoms with Crippen molar-refractivity contribution in [1.29, 1.82) is 0 Å². The van der Waals surface area contributed by atoms with Crippen LogP contribution in [0, 0.1) is 6.92 Å². The molecule has 0 saturated carbocycles. The predicted molar refractivity (Wildman–Crippen MR) is 102 cm³/mol. The van der Waals surface area contributed by atoms with E-state index in [0.29, 0.717) is 13.0 Å². The molecule has 0 aliphatic heterocycles. The molecule has 5 heteroatoms. The Morgan fingerprint density at radius 1 is 1.21 bits per heavy atom. The number of hydrogen-bond acceptors (Lipinski definition) is 4. The van der Waals surface area contributed by atoms with Gasteiger partial charge < -0.3 is 9.84 Å². The van der Waals surface area contributed by atoms with E-state index < -0.39 is 11.2 Å². The van der Waals surface area contributed by atoms with Gasteiger partial charge in [0, 0.05) is 4.88 Å². The first kappa shape index (κ1) is 18.9. The largest absolute Gasteiger partial charge is 0.488 e. The predicted octanol–water partition coefficient (Wildman–Crippen LogP) is 5.12. The maximum atomic E-state index is 10.7. The van der Waals surface area contributed by atoms with Crippen molar-refractivity contribution in [2.75, 3.05) is 0 Å². The maximum Gasteiger partial charge on any atom is 0.316 e. The molecule has 1 atom stereocenters. The molecule has 0 spiro atoms. The third kappa shape index (κ3) is 6.21. The number of thiophene rings is 1. The molecule has 1 N–H and O–H groups in total. The Labute approximate surface area is 153 Å². The van der Waals surface area contributed by atoms with Gasteiger partial charge >= 0.3 is 5.97 Å². The van der Waals surface area contributed by atoms with Gasteiger partial charge in [-0.05, 0) is 60.9 Å². The number of carbonyl (C=O) groups is 1. The molecular formula is C19H24O3S2. The molecule has 0 radical (unpaired) electrons. The van der Waals surface area contributed by atoms with E-state index >= 15 is 0 Å². The van der Waals surface area contributed by atoms with Crippen LogP contribution >= 0.6 is 24.0 Å². The van der Waals surface area contributed by atoms with Gasteiger partial charge in [0.25, 0.3) is 0 Å². The second-order valence-electron chi connectivity index (χ2n) is 5.91. The number of unbranched alkanes of at least 4 members (excludes halogenated alkanes) is 2. The van der Waals surface area contributed by atoms with E-state index in [-0.39, 0.29) is 0 Å². The molecular weight excluding hydrogens is 340 g/mol. The van der Waals surface area contributed by atoms with Gasteiger partial charge in [0.05, 0.1) is 5.25 Å². The Hall–Kier alpha value is -1.46. The van der Waals surface area contributed by atoms with Crippen molar-refractivity contribution in [3.05, 3.63) is 51.7 Å². The molecule has 0 aliphatic rings. The summed E-state index contributed by atoms with van der Waals surface area (Å²) in [6.07, 6.45) is 4.64. The summed E-state index contributed by atoms with van der Waals surface area (Å²) in [6, 6.07) is 10.4. The number of hydrogen-bond donors (Lipinski definition) is 2. The van der Waals surface area contributed by atoms with Crippen molar-refractivity contribution in [3.63, 3.8) is 0 Å². The first-order valence-electron chi connectivity index (χ1n) is 8.22. The third-order valence-corrected chi connectivity index (χ3v) is 5.47. The van der Waals surface area contributed by atoms with E-state index in [1.165, 1.54) is 16.0 Å². The van der Waals surface area contributed by atoms with E-state index in [0.717, 1.165) is 31.4 Å². The lowest BCUT2D eigenvalue weighted by Crippen LogP contribution is -2.12. The Morgan fingerprint density at radius 3 is 2.58 bits per heavy atom. The van der Waals surface area contributed by atoms with Gasteiger partial charge in [-0.2, -0.15) is 12.6 Å². The minimum Gasteiger partial charge on any atom is -0.488 e. The molecule has 24 heavy (non-hydrogen) atoms. The van der Waals surface area contributed by atoms with Gasteiger partial charge in [-0.3, -0.25) is 4.79 Å². The lowest BCUT2D eigenvalue weighted by atomic mass is 10.1. The number of rotatable bonds is 10. The zero-order chi connectivity index (χ0) is 17.4. The number of carboxylic acids is 1. The van der Waals surface area contributed by atoms with Crippen LogP contribution in [0.2, 0.25) is 0 Å². The molecule has 0 saturated heterocycles. The zero-order valence-corrected chi connectivity index (χ0v) is 15.6. The van der Waals surface area contributed by atoms with Crippen molar-refractivity contribution in [2.45, 2.75) is 50.9 Å². The van der Waals surface area contributed by atoms with Gasteiger partial charge in [-0.1, -0.05) is 25.0 Å². The Bertz CT molecular complexity index is 634. The minimum absolute atomic E-state index is 0.534. The number of carboxylic acid groups (broad SMARTS) is 1. The highest BCUT2D eigenvalue weighted by Crippen LogP contribution is 2.20. The second-order valence-corrected chi connectivity index (χ2v) is 7.54. The Morgan fingerprint density at radius 2 is 1.96 bits per heavy atom. The van der Waals surface area contributed by atoms with Crippen molar-refractivity contribution in [1.82, 2.24) is 0 Å². The van der Waals surface area contributed by atoms with E-state index in [1.807, 2.05) is 12.1 Å². The highest BCUT2D eigenvalue weighted by molar-refractivity contribution is 7.81. The second kappa shape index (κ2) is 9.74. The van der Waals surface area contributed by atoms with Crippen LogP contribution in [0.1, 0.15) is 41.7 Å². The Kier molecular flexibility index (Phi) is 7.66. The van der Waals surface area contributed by atoms with Crippen LogP contribution in [0.25, 0.3) is 0 Å². The molecule has 2 rings (SSSR count). The molecule has 1 aromatic carbocycles. The first-order chi connectivity index (χ1) is 11.6. The van der Waals surface area contributed by atoms with E-state index in [2.05, 4.69) is 43.1 Å². The molecule has 130 valence electrons.